The number of aromatic nitrogens is 2. The van der Waals surface area contributed by atoms with E-state index in [1.807, 2.05) is 0 Å². The molecule has 0 spiro atoms. The van der Waals surface area contributed by atoms with Crippen molar-refractivity contribution in [3.8, 4) is 5.75 Å². The number of nitrogens with zero attached hydrogens (tertiary/aromatic N) is 2. The van der Waals surface area contributed by atoms with Crippen LogP contribution in [0.3, 0.4) is 0 Å². The van der Waals surface area contributed by atoms with Gasteiger partial charge in [0.2, 0.25) is 0 Å². The molecule has 2 aromatic carbocycles. The lowest BCUT2D eigenvalue weighted by Gasteiger charge is -2.15. The third-order valence-electron chi connectivity index (χ3n) is 3.92. The first kappa shape index (κ1) is 22.6. The smallest absolute Gasteiger partial charge is 0.406 e. The Balaban J connectivity index is 2.14. The zero-order valence-corrected chi connectivity index (χ0v) is 19.0. The summed E-state index contributed by atoms with van der Waals surface area (Å²) in [5, 5.41) is -0.173. The highest BCUT2D eigenvalue weighted by molar-refractivity contribution is 9.11. The summed E-state index contributed by atoms with van der Waals surface area (Å²) in [6.45, 7) is 1.48. The molecule has 30 heavy (non-hydrogen) atoms. The van der Waals surface area contributed by atoms with Crippen molar-refractivity contribution in [2.45, 2.75) is 18.2 Å². The van der Waals surface area contributed by atoms with E-state index < -0.39 is 27.5 Å². The van der Waals surface area contributed by atoms with E-state index in [-0.39, 0.29) is 31.7 Å². The van der Waals surface area contributed by atoms with Gasteiger partial charge in [-0.1, -0.05) is 22.9 Å². The van der Waals surface area contributed by atoms with Gasteiger partial charge in [0.15, 0.2) is 9.84 Å². The number of fused-ring (bicyclic) bond motifs is 1. The van der Waals surface area contributed by atoms with Crippen LogP contribution in [0.5, 0.6) is 5.75 Å². The number of alkyl halides is 3. The molecule has 0 aliphatic carbocycles. The molecule has 0 bridgehead atoms. The summed E-state index contributed by atoms with van der Waals surface area (Å²) in [4.78, 5) is 16.9. The third-order valence-corrected chi connectivity index (χ3v) is 6.80. The van der Waals surface area contributed by atoms with Crippen LogP contribution in [0, 0.1) is 0 Å². The molecule has 13 heteroatoms. The van der Waals surface area contributed by atoms with Gasteiger partial charge < -0.3 is 4.74 Å². The van der Waals surface area contributed by atoms with Crippen molar-refractivity contribution < 1.29 is 26.3 Å². The molecule has 0 fully saturated rings. The molecule has 0 saturated heterocycles. The Hall–Kier alpha value is -2.12. The first-order valence-corrected chi connectivity index (χ1v) is 11.4. The summed E-state index contributed by atoms with van der Waals surface area (Å²) >= 11 is 6.31. The van der Waals surface area contributed by atoms with Gasteiger partial charge in [0, 0.05) is 8.95 Å². The summed E-state index contributed by atoms with van der Waals surface area (Å²) in [5.41, 5.74) is 2.11. The molecule has 1 aromatic heterocycles. The SMILES string of the molecule is CCS(=O)(=O)c1ccc(Br)cc1Nn1cnc2c(Br)cc(OC(F)(F)F)cc2c1=O. The summed E-state index contributed by atoms with van der Waals surface area (Å²) in [5.74, 6) is -0.769. The molecular formula is C17H12Br2F3N3O4S. The fraction of sp³-hybridized carbons (Fsp3) is 0.176. The van der Waals surface area contributed by atoms with Crippen LogP contribution >= 0.6 is 31.9 Å². The number of hydrogen-bond acceptors (Lipinski definition) is 6. The van der Waals surface area contributed by atoms with Gasteiger partial charge in [-0.05, 0) is 46.3 Å². The van der Waals surface area contributed by atoms with Gasteiger partial charge >= 0.3 is 6.36 Å². The van der Waals surface area contributed by atoms with Gasteiger partial charge in [0.05, 0.1) is 27.2 Å². The normalized spacial score (nSPS) is 12.2. The zero-order chi connectivity index (χ0) is 22.3. The van der Waals surface area contributed by atoms with E-state index in [0.29, 0.717) is 4.47 Å². The first-order valence-electron chi connectivity index (χ1n) is 8.17. The Morgan fingerprint density at radius 1 is 1.20 bits per heavy atom. The van der Waals surface area contributed by atoms with Crippen LogP contribution in [-0.4, -0.2) is 30.2 Å². The number of benzene rings is 2. The highest BCUT2D eigenvalue weighted by Gasteiger charge is 2.31. The van der Waals surface area contributed by atoms with E-state index in [1.165, 1.54) is 25.1 Å². The predicted octanol–water partition coefficient (Wildman–Crippen LogP) is 4.49. The molecule has 160 valence electrons. The molecule has 0 radical (unpaired) electrons. The van der Waals surface area contributed by atoms with Crippen molar-refractivity contribution in [3.05, 3.63) is 56.0 Å². The van der Waals surface area contributed by atoms with E-state index in [0.717, 1.165) is 23.1 Å². The summed E-state index contributed by atoms with van der Waals surface area (Å²) < 4.78 is 67.8. The largest absolute Gasteiger partial charge is 0.573 e. The summed E-state index contributed by atoms with van der Waals surface area (Å²) in [6.07, 6.45) is -3.84. The summed E-state index contributed by atoms with van der Waals surface area (Å²) in [6, 6.07) is 6.31. The molecule has 0 aliphatic rings. The van der Waals surface area contributed by atoms with Gasteiger partial charge in [-0.2, -0.15) is 0 Å². The fourth-order valence-corrected chi connectivity index (χ4v) is 4.51. The lowest BCUT2D eigenvalue weighted by Crippen LogP contribution is -2.27. The number of rotatable bonds is 5. The molecular weight excluding hydrogens is 559 g/mol. The maximum absolute atomic E-state index is 12.9. The number of hydrogen-bond donors (Lipinski definition) is 1. The van der Waals surface area contributed by atoms with Crippen LogP contribution in [0.2, 0.25) is 0 Å². The van der Waals surface area contributed by atoms with Crippen molar-refractivity contribution >= 4 is 58.3 Å². The second-order valence-electron chi connectivity index (χ2n) is 5.92. The van der Waals surface area contributed by atoms with E-state index in [4.69, 9.17) is 0 Å². The minimum Gasteiger partial charge on any atom is -0.406 e. The van der Waals surface area contributed by atoms with E-state index in [9.17, 15) is 26.4 Å². The third kappa shape index (κ3) is 4.78. The molecule has 0 aliphatic heterocycles. The lowest BCUT2D eigenvalue weighted by atomic mass is 10.2. The molecule has 3 aromatic rings. The molecule has 1 heterocycles. The second kappa shape index (κ2) is 8.19. The number of halogens is 5. The van der Waals surface area contributed by atoms with Crippen molar-refractivity contribution in [2.75, 3.05) is 11.2 Å². The van der Waals surface area contributed by atoms with Gasteiger partial charge in [-0.25, -0.2) is 18.1 Å². The van der Waals surface area contributed by atoms with Crippen LogP contribution in [-0.2, 0) is 9.84 Å². The van der Waals surface area contributed by atoms with Crippen molar-refractivity contribution in [1.29, 1.82) is 0 Å². The van der Waals surface area contributed by atoms with Crippen LogP contribution < -0.4 is 15.7 Å². The standard InChI is InChI=1S/C17H12Br2F3N3O4S/c1-2-30(27,28)14-4-3-9(18)5-13(14)24-25-8-23-15-11(16(25)26)6-10(7-12(15)19)29-17(20,21)22/h3-8,24H,2H2,1H3. The van der Waals surface area contributed by atoms with Gasteiger partial charge in [-0.3, -0.25) is 10.2 Å². The molecule has 1 N–H and O–H groups in total. The first-order chi connectivity index (χ1) is 13.9. The van der Waals surface area contributed by atoms with Crippen LogP contribution in [0.4, 0.5) is 18.9 Å². The topological polar surface area (TPSA) is 90.3 Å². The monoisotopic (exact) mass is 569 g/mol. The van der Waals surface area contributed by atoms with E-state index >= 15 is 0 Å². The van der Waals surface area contributed by atoms with Crippen molar-refractivity contribution in [3.63, 3.8) is 0 Å². The maximum atomic E-state index is 12.9. The predicted molar refractivity (Wildman–Crippen MR) is 111 cm³/mol. The van der Waals surface area contributed by atoms with Gasteiger partial charge in [0.1, 0.15) is 12.1 Å². The molecule has 0 unspecified atom stereocenters. The van der Waals surface area contributed by atoms with Crippen LogP contribution in [0.1, 0.15) is 6.92 Å². The van der Waals surface area contributed by atoms with Crippen LogP contribution in [0.25, 0.3) is 10.9 Å². The van der Waals surface area contributed by atoms with E-state index in [1.54, 1.807) is 0 Å². The Morgan fingerprint density at radius 3 is 2.53 bits per heavy atom. The summed E-state index contributed by atoms with van der Waals surface area (Å²) in [7, 11) is -3.63. The van der Waals surface area contributed by atoms with Crippen LogP contribution in [0.15, 0.2) is 55.3 Å². The number of anilines is 1. The van der Waals surface area contributed by atoms with Gasteiger partial charge in [-0.15, -0.1) is 13.2 Å². The Kier molecular flexibility index (Phi) is 6.16. The van der Waals surface area contributed by atoms with Crippen molar-refractivity contribution in [2.24, 2.45) is 0 Å². The number of nitrogens with one attached hydrogen (secondary N) is 1. The maximum Gasteiger partial charge on any atom is 0.573 e. The highest BCUT2D eigenvalue weighted by atomic mass is 79.9. The second-order valence-corrected chi connectivity index (χ2v) is 9.94. The van der Waals surface area contributed by atoms with Gasteiger partial charge in [0.25, 0.3) is 5.56 Å². The zero-order valence-electron chi connectivity index (χ0n) is 15.0. The Labute approximate surface area is 185 Å². The quantitative estimate of drug-likeness (QED) is 0.486. The average molecular weight is 571 g/mol. The fourth-order valence-electron chi connectivity index (χ4n) is 2.58. The number of sulfone groups is 1. The van der Waals surface area contributed by atoms with E-state index in [2.05, 4.69) is 47.0 Å². The molecule has 7 nitrogen and oxygen atoms in total. The Bertz CT molecular complexity index is 1290. The number of ether oxygens (including phenoxy) is 1. The molecule has 0 amide bonds. The highest BCUT2D eigenvalue weighted by Crippen LogP contribution is 2.30. The Morgan fingerprint density at radius 2 is 1.90 bits per heavy atom. The minimum atomic E-state index is -4.94. The molecule has 3 rings (SSSR count). The average Bonchev–Trinajstić information content (AvgIpc) is 2.63. The van der Waals surface area contributed by atoms with Crippen molar-refractivity contribution in [1.82, 2.24) is 9.66 Å². The minimum absolute atomic E-state index is 0.0458. The molecule has 0 saturated carbocycles. The lowest BCUT2D eigenvalue weighted by molar-refractivity contribution is -0.274. The molecule has 0 atom stereocenters.